The van der Waals surface area contributed by atoms with Crippen molar-refractivity contribution in [2.24, 2.45) is 5.10 Å². The molecule has 13 heteroatoms. The SMILES string of the molecule is O=C(O)c1ccc(NC(=O)C2c3cccc(N4CCCCC4=O)c3CCN2C(=O)/C=C/c2cc(Cl)ccc2N2C=NNN2)cc1. The van der Waals surface area contributed by atoms with Gasteiger partial charge in [-0.2, -0.15) is 5.10 Å². The van der Waals surface area contributed by atoms with Crippen LogP contribution in [0.2, 0.25) is 5.02 Å². The van der Waals surface area contributed by atoms with Gasteiger partial charge in [0.25, 0.3) is 5.91 Å². The largest absolute Gasteiger partial charge is 0.478 e. The fraction of sp³-hybridized carbons (Fsp3) is 0.219. The highest BCUT2D eigenvalue weighted by Crippen LogP contribution is 2.38. The number of rotatable bonds is 7. The molecule has 3 aliphatic heterocycles. The molecule has 0 aromatic heterocycles. The number of benzene rings is 3. The van der Waals surface area contributed by atoms with Gasteiger partial charge in [0.2, 0.25) is 11.8 Å². The van der Waals surface area contributed by atoms with Gasteiger partial charge < -0.3 is 20.2 Å². The monoisotopic (exact) mass is 627 g/mol. The van der Waals surface area contributed by atoms with Crippen LogP contribution >= 0.6 is 11.6 Å². The van der Waals surface area contributed by atoms with Crippen LogP contribution in [0.15, 0.2) is 71.8 Å². The van der Waals surface area contributed by atoms with Crippen molar-refractivity contribution >= 4 is 64.8 Å². The van der Waals surface area contributed by atoms with Gasteiger partial charge in [-0.3, -0.25) is 14.4 Å². The maximum atomic E-state index is 14.0. The minimum Gasteiger partial charge on any atom is -0.478 e. The summed E-state index contributed by atoms with van der Waals surface area (Å²) in [5.74, 6) is -1.89. The number of hydrazine groups is 2. The molecule has 0 radical (unpaired) electrons. The van der Waals surface area contributed by atoms with E-state index < -0.39 is 23.8 Å². The summed E-state index contributed by atoms with van der Waals surface area (Å²) in [5, 5.41) is 18.1. The molecule has 1 atom stereocenters. The third-order valence-electron chi connectivity index (χ3n) is 8.00. The van der Waals surface area contributed by atoms with Crippen molar-refractivity contribution in [1.29, 1.82) is 0 Å². The van der Waals surface area contributed by atoms with Gasteiger partial charge in [0.15, 0.2) is 0 Å². The third-order valence-corrected chi connectivity index (χ3v) is 8.24. The first-order valence-corrected chi connectivity index (χ1v) is 14.9. The zero-order valence-electron chi connectivity index (χ0n) is 24.1. The number of carboxylic acids is 1. The number of hydrogen-bond donors (Lipinski definition) is 4. The quantitative estimate of drug-likeness (QED) is 0.286. The summed E-state index contributed by atoms with van der Waals surface area (Å²) in [7, 11) is 0. The van der Waals surface area contributed by atoms with Crippen molar-refractivity contribution in [3.63, 3.8) is 0 Å². The first-order chi connectivity index (χ1) is 21.8. The number of fused-ring (bicyclic) bond motifs is 1. The highest BCUT2D eigenvalue weighted by Gasteiger charge is 2.37. The first-order valence-electron chi connectivity index (χ1n) is 14.5. The highest BCUT2D eigenvalue weighted by atomic mass is 35.5. The Morgan fingerprint density at radius 1 is 1.00 bits per heavy atom. The fourth-order valence-electron chi connectivity index (χ4n) is 5.85. The Morgan fingerprint density at radius 3 is 2.56 bits per heavy atom. The van der Waals surface area contributed by atoms with Crippen LogP contribution in [0.1, 0.15) is 52.4 Å². The number of halogens is 1. The molecule has 3 aliphatic rings. The molecule has 1 unspecified atom stereocenters. The van der Waals surface area contributed by atoms with Crippen molar-refractivity contribution < 1.29 is 24.3 Å². The molecule has 1 saturated heterocycles. The fourth-order valence-corrected chi connectivity index (χ4v) is 6.03. The van der Waals surface area contributed by atoms with E-state index in [2.05, 4.69) is 21.5 Å². The van der Waals surface area contributed by atoms with Crippen molar-refractivity contribution in [3.8, 4) is 0 Å². The molecule has 6 rings (SSSR count). The number of carboxylic acid groups (broad SMARTS) is 1. The van der Waals surface area contributed by atoms with Gasteiger partial charge in [0.1, 0.15) is 12.4 Å². The lowest BCUT2D eigenvalue weighted by molar-refractivity contribution is -0.135. The number of aromatic carboxylic acids is 1. The molecule has 3 heterocycles. The topological polar surface area (TPSA) is 147 Å². The number of amides is 3. The lowest BCUT2D eigenvalue weighted by atomic mass is 9.89. The number of carbonyl (C=O) groups excluding carboxylic acids is 3. The molecule has 45 heavy (non-hydrogen) atoms. The third kappa shape index (κ3) is 6.24. The summed E-state index contributed by atoms with van der Waals surface area (Å²) >= 11 is 6.27. The van der Waals surface area contributed by atoms with Gasteiger partial charge in [0.05, 0.1) is 11.3 Å². The number of carbonyl (C=O) groups is 4. The van der Waals surface area contributed by atoms with Crippen LogP contribution in [0.25, 0.3) is 6.08 Å². The van der Waals surface area contributed by atoms with Gasteiger partial charge in [0, 0.05) is 47.5 Å². The summed E-state index contributed by atoms with van der Waals surface area (Å²) in [6.07, 6.45) is 7.23. The Balaban J connectivity index is 1.34. The number of hydrogen-bond acceptors (Lipinski definition) is 8. The second-order valence-electron chi connectivity index (χ2n) is 10.8. The summed E-state index contributed by atoms with van der Waals surface area (Å²) in [4.78, 5) is 55.3. The maximum Gasteiger partial charge on any atom is 0.335 e. The molecular formula is C32H30ClN7O5. The van der Waals surface area contributed by atoms with Gasteiger partial charge >= 0.3 is 5.97 Å². The van der Waals surface area contributed by atoms with Crippen molar-refractivity contribution in [2.75, 3.05) is 28.3 Å². The molecule has 3 aromatic carbocycles. The van der Waals surface area contributed by atoms with Crippen LogP contribution < -0.4 is 26.3 Å². The average Bonchev–Trinajstić information content (AvgIpc) is 3.58. The van der Waals surface area contributed by atoms with Crippen LogP contribution in [-0.4, -0.2) is 53.1 Å². The van der Waals surface area contributed by atoms with Gasteiger partial charge in [-0.25, -0.2) is 15.3 Å². The smallest absolute Gasteiger partial charge is 0.335 e. The highest BCUT2D eigenvalue weighted by molar-refractivity contribution is 6.30. The van der Waals surface area contributed by atoms with Crippen molar-refractivity contribution in [1.82, 2.24) is 16.0 Å². The Labute approximate surface area is 263 Å². The second-order valence-corrected chi connectivity index (χ2v) is 11.2. The molecule has 0 spiro atoms. The molecule has 1 fully saturated rings. The Hall–Kier alpha value is -5.20. The van der Waals surface area contributed by atoms with E-state index in [1.54, 1.807) is 40.3 Å². The lowest BCUT2D eigenvalue weighted by Crippen LogP contribution is -2.45. The molecule has 0 bridgehead atoms. The van der Waals surface area contributed by atoms with E-state index in [-0.39, 0.29) is 18.0 Å². The zero-order valence-corrected chi connectivity index (χ0v) is 24.8. The molecule has 230 valence electrons. The minimum atomic E-state index is -1.08. The second kappa shape index (κ2) is 12.8. The molecule has 4 N–H and O–H groups in total. The zero-order chi connectivity index (χ0) is 31.5. The molecule has 0 saturated carbocycles. The Morgan fingerprint density at radius 2 is 1.82 bits per heavy atom. The molecule has 3 aromatic rings. The molecule has 3 amide bonds. The average molecular weight is 628 g/mol. The van der Waals surface area contributed by atoms with Gasteiger partial charge in [-0.05, 0) is 85.0 Å². The Kier molecular flexibility index (Phi) is 8.49. The van der Waals surface area contributed by atoms with Crippen LogP contribution in [0.5, 0.6) is 0 Å². The molecule has 12 nitrogen and oxygen atoms in total. The first kappa shape index (κ1) is 29.9. The lowest BCUT2D eigenvalue weighted by Gasteiger charge is -2.38. The van der Waals surface area contributed by atoms with E-state index in [1.807, 2.05) is 12.1 Å². The number of nitrogens with one attached hydrogen (secondary N) is 3. The van der Waals surface area contributed by atoms with Crippen LogP contribution in [-0.2, 0) is 20.8 Å². The summed E-state index contributed by atoms with van der Waals surface area (Å²) < 4.78 is 0. The number of piperidine rings is 1. The van der Waals surface area contributed by atoms with E-state index in [9.17, 15) is 24.3 Å². The minimum absolute atomic E-state index is 0.0423. The number of nitrogens with zero attached hydrogens (tertiary/aromatic N) is 4. The summed E-state index contributed by atoms with van der Waals surface area (Å²) in [5.41, 5.74) is 9.54. The van der Waals surface area contributed by atoms with Crippen LogP contribution in [0.4, 0.5) is 17.1 Å². The van der Waals surface area contributed by atoms with Crippen LogP contribution in [0, 0.1) is 0 Å². The van der Waals surface area contributed by atoms with E-state index in [1.165, 1.54) is 41.6 Å². The predicted molar refractivity (Wildman–Crippen MR) is 171 cm³/mol. The van der Waals surface area contributed by atoms with Crippen molar-refractivity contribution in [2.45, 2.75) is 31.7 Å². The predicted octanol–water partition coefficient (Wildman–Crippen LogP) is 4.11. The van der Waals surface area contributed by atoms with E-state index in [0.29, 0.717) is 46.9 Å². The Bertz CT molecular complexity index is 1730. The molecule has 0 aliphatic carbocycles. The normalized spacial score (nSPS) is 17.8. The number of anilines is 3. The van der Waals surface area contributed by atoms with E-state index >= 15 is 0 Å². The number of hydrazone groups is 1. The van der Waals surface area contributed by atoms with Crippen LogP contribution in [0.3, 0.4) is 0 Å². The van der Waals surface area contributed by atoms with E-state index in [4.69, 9.17) is 11.6 Å². The standard InChI is InChI=1S/C32H30ClN7O5/c33-22-10-13-26(40-19-34-36-37-40)21(18-22)9-14-29(42)39-17-15-24-25(4-3-5-27(24)38-16-2-1-6-28(38)41)30(39)31(43)35-23-11-7-20(8-12-23)32(44)45/h3-5,7-14,18-19,30,36-37H,1-2,6,15-17H2,(H,35,43)(H,44,45)/b14-9+. The summed E-state index contributed by atoms with van der Waals surface area (Å²) in [6.45, 7) is 0.833. The van der Waals surface area contributed by atoms with E-state index in [0.717, 1.165) is 24.1 Å². The molecular weight excluding hydrogens is 598 g/mol. The van der Waals surface area contributed by atoms with Crippen molar-refractivity contribution in [3.05, 3.63) is 94.0 Å². The summed E-state index contributed by atoms with van der Waals surface area (Å²) in [6, 6.07) is 15.5. The van der Waals surface area contributed by atoms with Gasteiger partial charge in [-0.15, -0.1) is 5.53 Å². The van der Waals surface area contributed by atoms with Gasteiger partial charge in [-0.1, -0.05) is 23.7 Å². The maximum absolute atomic E-state index is 14.0.